The average Bonchev–Trinajstić information content (AvgIpc) is 2.81. The first-order chi connectivity index (χ1) is 15.4. The minimum absolute atomic E-state index is 0.121. The van der Waals surface area contributed by atoms with Crippen LogP contribution in [0.5, 0.6) is 0 Å². The van der Waals surface area contributed by atoms with Crippen molar-refractivity contribution in [3.8, 4) is 0 Å². The van der Waals surface area contributed by atoms with Gasteiger partial charge in [0.25, 0.3) is 11.8 Å². The number of benzene rings is 1. The molecule has 0 saturated heterocycles. The molecule has 0 aliphatic heterocycles. The van der Waals surface area contributed by atoms with Crippen LogP contribution in [0.3, 0.4) is 0 Å². The molecule has 2 amide bonds. The maximum atomic E-state index is 13.4. The van der Waals surface area contributed by atoms with Gasteiger partial charge in [-0.2, -0.15) is 0 Å². The quantitative estimate of drug-likeness (QED) is 0.460. The maximum absolute atomic E-state index is 13.4. The molecule has 0 bridgehead atoms. The third-order valence-electron chi connectivity index (χ3n) is 7.06. The smallest absolute Gasteiger partial charge is 0.254 e. The minimum Gasteiger partial charge on any atom is -0.335 e. The summed E-state index contributed by atoms with van der Waals surface area (Å²) in [6.45, 7) is 10.3. The Hall–Kier alpha value is -1.84. The van der Waals surface area contributed by atoms with Crippen LogP contribution in [-0.2, 0) is 0 Å². The van der Waals surface area contributed by atoms with Crippen molar-refractivity contribution < 1.29 is 9.59 Å². The second-order valence-electron chi connectivity index (χ2n) is 10.9. The highest BCUT2D eigenvalue weighted by Gasteiger charge is 2.29. The predicted octanol–water partition coefficient (Wildman–Crippen LogP) is 6.55. The number of amides is 2. The standard InChI is InChI=1S/C28H44N2O2/c1-21(2)19-29(25-11-7-5-8-12-25)27(31)23-15-17-24(18-16-23)28(32)30(20-22(3)4)26-13-9-6-10-14-26/h15-18,21-22,25-26H,5-14,19-20H2,1-4H3. The summed E-state index contributed by atoms with van der Waals surface area (Å²) >= 11 is 0. The highest BCUT2D eigenvalue weighted by atomic mass is 16.2. The number of hydrogen-bond donors (Lipinski definition) is 0. The highest BCUT2D eigenvalue weighted by Crippen LogP contribution is 2.27. The van der Waals surface area contributed by atoms with E-state index in [9.17, 15) is 9.59 Å². The van der Waals surface area contributed by atoms with Crippen LogP contribution in [0.4, 0.5) is 0 Å². The molecule has 4 heteroatoms. The molecule has 1 aromatic carbocycles. The largest absolute Gasteiger partial charge is 0.335 e. The third kappa shape index (κ3) is 6.59. The van der Waals surface area contributed by atoms with Crippen LogP contribution in [0.25, 0.3) is 0 Å². The Morgan fingerprint density at radius 1 is 0.656 bits per heavy atom. The molecule has 2 saturated carbocycles. The predicted molar refractivity (Wildman–Crippen MR) is 132 cm³/mol. The summed E-state index contributed by atoms with van der Waals surface area (Å²) in [7, 11) is 0. The highest BCUT2D eigenvalue weighted by molar-refractivity contribution is 5.98. The zero-order valence-electron chi connectivity index (χ0n) is 20.8. The van der Waals surface area contributed by atoms with E-state index in [1.54, 1.807) is 0 Å². The van der Waals surface area contributed by atoms with Crippen molar-refractivity contribution in [2.24, 2.45) is 11.8 Å². The van der Waals surface area contributed by atoms with Crippen LogP contribution in [0.2, 0.25) is 0 Å². The number of nitrogens with zero attached hydrogens (tertiary/aromatic N) is 2. The Morgan fingerprint density at radius 2 is 0.969 bits per heavy atom. The van der Waals surface area contributed by atoms with Gasteiger partial charge in [-0.25, -0.2) is 0 Å². The fraction of sp³-hybridized carbons (Fsp3) is 0.714. The van der Waals surface area contributed by atoms with E-state index in [0.717, 1.165) is 38.8 Å². The van der Waals surface area contributed by atoms with Crippen molar-refractivity contribution in [2.45, 2.75) is 104 Å². The Morgan fingerprint density at radius 3 is 1.25 bits per heavy atom. The van der Waals surface area contributed by atoms with Gasteiger partial charge in [0, 0.05) is 36.3 Å². The normalized spacial score (nSPS) is 18.2. The second-order valence-corrected chi connectivity index (χ2v) is 10.9. The molecule has 0 heterocycles. The Kier molecular flexibility index (Phi) is 9.19. The van der Waals surface area contributed by atoms with Crippen LogP contribution < -0.4 is 0 Å². The molecule has 178 valence electrons. The minimum atomic E-state index is 0.121. The first kappa shape index (κ1) is 24.8. The van der Waals surface area contributed by atoms with Crippen molar-refractivity contribution in [3.05, 3.63) is 35.4 Å². The molecule has 1 aromatic rings. The number of carbonyl (C=O) groups is 2. The van der Waals surface area contributed by atoms with Gasteiger partial charge >= 0.3 is 0 Å². The molecule has 2 fully saturated rings. The lowest BCUT2D eigenvalue weighted by atomic mass is 9.92. The van der Waals surface area contributed by atoms with Gasteiger partial charge < -0.3 is 9.80 Å². The third-order valence-corrected chi connectivity index (χ3v) is 7.06. The van der Waals surface area contributed by atoms with E-state index in [2.05, 4.69) is 37.5 Å². The van der Waals surface area contributed by atoms with Crippen molar-refractivity contribution in [1.29, 1.82) is 0 Å². The zero-order chi connectivity index (χ0) is 23.1. The molecule has 0 spiro atoms. The zero-order valence-corrected chi connectivity index (χ0v) is 20.8. The summed E-state index contributed by atoms with van der Waals surface area (Å²) in [5.74, 6) is 1.13. The van der Waals surface area contributed by atoms with Crippen LogP contribution in [0.1, 0.15) is 113 Å². The van der Waals surface area contributed by atoms with Gasteiger partial charge in [-0.1, -0.05) is 66.2 Å². The number of carbonyl (C=O) groups excluding carboxylic acids is 2. The average molecular weight is 441 g/mol. The SMILES string of the molecule is CC(C)CN(C(=O)c1ccc(C(=O)N(CC(C)C)C2CCCCC2)cc1)C1CCCCC1. The van der Waals surface area contributed by atoms with E-state index in [1.165, 1.54) is 38.5 Å². The van der Waals surface area contributed by atoms with E-state index >= 15 is 0 Å². The molecular formula is C28H44N2O2. The number of rotatable bonds is 8. The Labute approximate surface area is 195 Å². The van der Waals surface area contributed by atoms with Gasteiger partial charge in [-0.05, 0) is 61.8 Å². The topological polar surface area (TPSA) is 40.6 Å². The van der Waals surface area contributed by atoms with Crippen LogP contribution in [0, 0.1) is 11.8 Å². The van der Waals surface area contributed by atoms with E-state index in [-0.39, 0.29) is 11.8 Å². The molecular weight excluding hydrogens is 396 g/mol. The van der Waals surface area contributed by atoms with Crippen molar-refractivity contribution >= 4 is 11.8 Å². The molecule has 4 nitrogen and oxygen atoms in total. The molecule has 32 heavy (non-hydrogen) atoms. The second kappa shape index (κ2) is 11.9. The number of hydrogen-bond acceptors (Lipinski definition) is 2. The maximum Gasteiger partial charge on any atom is 0.254 e. The Bertz CT molecular complexity index is 665. The first-order valence-corrected chi connectivity index (χ1v) is 13.1. The van der Waals surface area contributed by atoms with Gasteiger partial charge in [-0.15, -0.1) is 0 Å². The van der Waals surface area contributed by atoms with E-state index < -0.39 is 0 Å². The molecule has 0 unspecified atom stereocenters. The van der Waals surface area contributed by atoms with Crippen LogP contribution in [0.15, 0.2) is 24.3 Å². The van der Waals surface area contributed by atoms with E-state index in [1.807, 2.05) is 24.3 Å². The van der Waals surface area contributed by atoms with E-state index in [0.29, 0.717) is 35.0 Å². The van der Waals surface area contributed by atoms with Crippen LogP contribution in [-0.4, -0.2) is 46.8 Å². The molecule has 0 N–H and O–H groups in total. The van der Waals surface area contributed by atoms with Crippen molar-refractivity contribution in [2.75, 3.05) is 13.1 Å². The van der Waals surface area contributed by atoms with Crippen molar-refractivity contribution in [3.63, 3.8) is 0 Å². The van der Waals surface area contributed by atoms with Gasteiger partial charge in [0.2, 0.25) is 0 Å². The Balaban J connectivity index is 1.75. The summed E-state index contributed by atoms with van der Waals surface area (Å²) in [6.07, 6.45) is 11.9. The van der Waals surface area contributed by atoms with Gasteiger partial charge in [0.1, 0.15) is 0 Å². The lowest BCUT2D eigenvalue weighted by Gasteiger charge is -2.36. The molecule has 0 atom stereocenters. The first-order valence-electron chi connectivity index (χ1n) is 13.1. The fourth-order valence-corrected chi connectivity index (χ4v) is 5.45. The van der Waals surface area contributed by atoms with Gasteiger partial charge in [0.05, 0.1) is 0 Å². The summed E-state index contributed by atoms with van der Waals surface area (Å²) in [4.78, 5) is 31.0. The molecule has 0 aromatic heterocycles. The fourth-order valence-electron chi connectivity index (χ4n) is 5.45. The van der Waals surface area contributed by atoms with Gasteiger partial charge in [0.15, 0.2) is 0 Å². The van der Waals surface area contributed by atoms with Gasteiger partial charge in [-0.3, -0.25) is 9.59 Å². The molecule has 0 radical (unpaired) electrons. The summed E-state index contributed by atoms with van der Waals surface area (Å²) in [6, 6.07) is 8.21. The van der Waals surface area contributed by atoms with Crippen molar-refractivity contribution in [1.82, 2.24) is 9.80 Å². The van der Waals surface area contributed by atoms with Crippen LogP contribution >= 0.6 is 0 Å². The molecule has 2 aliphatic rings. The van der Waals surface area contributed by atoms with E-state index in [4.69, 9.17) is 0 Å². The molecule has 3 rings (SSSR count). The lowest BCUT2D eigenvalue weighted by Crippen LogP contribution is -2.44. The summed E-state index contributed by atoms with van der Waals surface area (Å²) in [5.41, 5.74) is 1.42. The summed E-state index contributed by atoms with van der Waals surface area (Å²) < 4.78 is 0. The summed E-state index contributed by atoms with van der Waals surface area (Å²) in [5, 5.41) is 0. The lowest BCUT2D eigenvalue weighted by molar-refractivity contribution is 0.0593. The molecule has 2 aliphatic carbocycles. The monoisotopic (exact) mass is 440 g/mol.